The maximum atomic E-state index is 11.8. The fourth-order valence-electron chi connectivity index (χ4n) is 2.69. The van der Waals surface area contributed by atoms with E-state index in [4.69, 9.17) is 10.5 Å². The van der Waals surface area contributed by atoms with E-state index in [1.165, 1.54) is 0 Å². The molecule has 1 aromatic heterocycles. The highest BCUT2D eigenvalue weighted by molar-refractivity contribution is 5.81. The van der Waals surface area contributed by atoms with Crippen molar-refractivity contribution in [1.82, 2.24) is 15.1 Å². The zero-order valence-electron chi connectivity index (χ0n) is 14.0. The van der Waals surface area contributed by atoms with Gasteiger partial charge in [0.1, 0.15) is 6.04 Å². The van der Waals surface area contributed by atoms with Crippen LogP contribution in [0.4, 0.5) is 0 Å². The Morgan fingerprint density at radius 3 is 2.52 bits per heavy atom. The van der Waals surface area contributed by atoms with Crippen molar-refractivity contribution in [2.75, 3.05) is 7.11 Å². The van der Waals surface area contributed by atoms with E-state index >= 15 is 0 Å². The van der Waals surface area contributed by atoms with Crippen LogP contribution in [0.5, 0.6) is 5.88 Å². The number of nitrogens with two attached hydrogens (primary N) is 1. The van der Waals surface area contributed by atoms with E-state index in [-0.39, 0.29) is 5.92 Å². The number of nitrogens with zero attached hydrogens (tertiary/aromatic N) is 2. The number of methoxy groups -OCH3 is 1. The molecule has 0 saturated carbocycles. The van der Waals surface area contributed by atoms with Crippen LogP contribution in [0.3, 0.4) is 0 Å². The normalized spacial score (nSPS) is 12.4. The molecule has 0 spiro atoms. The molecule has 0 aliphatic rings. The van der Waals surface area contributed by atoms with Gasteiger partial charge in [-0.15, -0.1) is 0 Å². The standard InChI is InChI=1S/C17H24N4O2/c1-11(2)14-13(17(23-4)21(3)20-14)10-19-15(16(18)22)12-8-6-5-7-9-12/h5-9,11,15,19H,10H2,1-4H3,(H2,18,22)/t15-/m0/s1. The molecule has 23 heavy (non-hydrogen) atoms. The van der Waals surface area contributed by atoms with Crippen LogP contribution in [0.15, 0.2) is 30.3 Å². The number of primary amides is 1. The fourth-order valence-corrected chi connectivity index (χ4v) is 2.69. The number of hydrogen-bond donors (Lipinski definition) is 2. The summed E-state index contributed by atoms with van der Waals surface area (Å²) in [5.74, 6) is 0.535. The molecule has 0 unspecified atom stereocenters. The van der Waals surface area contributed by atoms with Gasteiger partial charge in [0, 0.05) is 13.6 Å². The highest BCUT2D eigenvalue weighted by Crippen LogP contribution is 2.27. The molecule has 124 valence electrons. The highest BCUT2D eigenvalue weighted by Gasteiger charge is 2.22. The average Bonchev–Trinajstić information content (AvgIpc) is 2.84. The molecule has 1 heterocycles. The van der Waals surface area contributed by atoms with E-state index in [0.29, 0.717) is 12.4 Å². The Kier molecular flexibility index (Phi) is 5.39. The zero-order valence-corrected chi connectivity index (χ0v) is 14.0. The van der Waals surface area contributed by atoms with Gasteiger partial charge in [-0.3, -0.25) is 10.1 Å². The first-order chi connectivity index (χ1) is 11.0. The minimum Gasteiger partial charge on any atom is -0.481 e. The van der Waals surface area contributed by atoms with Gasteiger partial charge in [0.15, 0.2) is 0 Å². The number of ether oxygens (including phenoxy) is 1. The summed E-state index contributed by atoms with van der Waals surface area (Å²) in [7, 11) is 3.46. The molecule has 2 aromatic rings. The summed E-state index contributed by atoms with van der Waals surface area (Å²) >= 11 is 0. The Balaban J connectivity index is 2.26. The summed E-state index contributed by atoms with van der Waals surface area (Å²) in [5.41, 5.74) is 8.30. The third-order valence-corrected chi connectivity index (χ3v) is 3.76. The predicted molar refractivity (Wildman–Crippen MR) is 89.1 cm³/mol. The van der Waals surface area contributed by atoms with Gasteiger partial charge in [-0.05, 0) is 11.5 Å². The number of amides is 1. The van der Waals surface area contributed by atoms with Gasteiger partial charge in [0.2, 0.25) is 11.8 Å². The Labute approximate surface area is 136 Å². The summed E-state index contributed by atoms with van der Waals surface area (Å²) in [6.45, 7) is 4.61. The van der Waals surface area contributed by atoms with Crippen molar-refractivity contribution >= 4 is 5.91 Å². The molecule has 1 aromatic carbocycles. The molecule has 0 fully saturated rings. The number of carbonyl (C=O) groups excluding carboxylic acids is 1. The van der Waals surface area contributed by atoms with E-state index in [9.17, 15) is 4.79 Å². The van der Waals surface area contributed by atoms with Crippen molar-refractivity contribution in [3.63, 3.8) is 0 Å². The molecular formula is C17H24N4O2. The molecule has 0 aliphatic carbocycles. The first kappa shape index (κ1) is 17.0. The molecule has 0 bridgehead atoms. The van der Waals surface area contributed by atoms with E-state index in [1.807, 2.05) is 37.4 Å². The van der Waals surface area contributed by atoms with Crippen molar-refractivity contribution in [2.45, 2.75) is 32.4 Å². The summed E-state index contributed by atoms with van der Waals surface area (Å²) < 4.78 is 7.17. The highest BCUT2D eigenvalue weighted by atomic mass is 16.5. The van der Waals surface area contributed by atoms with Gasteiger partial charge in [-0.1, -0.05) is 44.2 Å². The molecule has 3 N–H and O–H groups in total. The first-order valence-corrected chi connectivity index (χ1v) is 7.63. The van der Waals surface area contributed by atoms with Crippen molar-refractivity contribution < 1.29 is 9.53 Å². The lowest BCUT2D eigenvalue weighted by Crippen LogP contribution is -2.33. The zero-order chi connectivity index (χ0) is 17.0. The van der Waals surface area contributed by atoms with E-state index < -0.39 is 11.9 Å². The SMILES string of the molecule is COc1c(CN[C@H](C(N)=O)c2ccccc2)c(C(C)C)nn1C. The second-order valence-corrected chi connectivity index (χ2v) is 5.78. The second kappa shape index (κ2) is 7.28. The van der Waals surface area contributed by atoms with Crippen molar-refractivity contribution in [3.8, 4) is 5.88 Å². The van der Waals surface area contributed by atoms with Gasteiger partial charge < -0.3 is 10.5 Å². The van der Waals surface area contributed by atoms with Crippen LogP contribution in [-0.4, -0.2) is 22.8 Å². The van der Waals surface area contributed by atoms with Gasteiger partial charge in [0.25, 0.3) is 0 Å². The van der Waals surface area contributed by atoms with Crippen molar-refractivity contribution in [1.29, 1.82) is 0 Å². The number of hydrogen-bond acceptors (Lipinski definition) is 4. The number of nitrogens with one attached hydrogen (secondary N) is 1. The maximum Gasteiger partial charge on any atom is 0.239 e. The topological polar surface area (TPSA) is 82.2 Å². The van der Waals surface area contributed by atoms with Crippen LogP contribution in [0, 0.1) is 0 Å². The lowest BCUT2D eigenvalue weighted by Gasteiger charge is -2.17. The van der Waals surface area contributed by atoms with Crippen LogP contribution >= 0.6 is 0 Å². The lowest BCUT2D eigenvalue weighted by atomic mass is 10.0. The van der Waals surface area contributed by atoms with Crippen LogP contribution in [0.1, 0.15) is 42.6 Å². The average molecular weight is 316 g/mol. The minimum absolute atomic E-state index is 0.255. The number of rotatable bonds is 7. The number of aryl methyl sites for hydroxylation is 1. The Morgan fingerprint density at radius 1 is 1.35 bits per heavy atom. The molecule has 1 atom stereocenters. The van der Waals surface area contributed by atoms with Crippen LogP contribution in [0.2, 0.25) is 0 Å². The van der Waals surface area contributed by atoms with Crippen molar-refractivity contribution in [2.24, 2.45) is 12.8 Å². The molecular weight excluding hydrogens is 292 g/mol. The van der Waals surface area contributed by atoms with E-state index in [0.717, 1.165) is 16.8 Å². The smallest absolute Gasteiger partial charge is 0.239 e. The van der Waals surface area contributed by atoms with Crippen LogP contribution in [0.25, 0.3) is 0 Å². The van der Waals surface area contributed by atoms with Crippen LogP contribution in [-0.2, 0) is 18.4 Å². The quantitative estimate of drug-likeness (QED) is 0.817. The first-order valence-electron chi connectivity index (χ1n) is 7.63. The van der Waals surface area contributed by atoms with E-state index in [1.54, 1.807) is 11.8 Å². The monoisotopic (exact) mass is 316 g/mol. The van der Waals surface area contributed by atoms with Crippen molar-refractivity contribution in [3.05, 3.63) is 47.2 Å². The van der Waals surface area contributed by atoms with E-state index in [2.05, 4.69) is 24.3 Å². The number of aromatic nitrogens is 2. The molecule has 2 rings (SSSR count). The fraction of sp³-hybridized carbons (Fsp3) is 0.412. The van der Waals surface area contributed by atoms with Gasteiger partial charge in [-0.2, -0.15) is 5.10 Å². The molecule has 0 aliphatic heterocycles. The lowest BCUT2D eigenvalue weighted by molar-refractivity contribution is -0.120. The minimum atomic E-state index is -0.555. The summed E-state index contributed by atoms with van der Waals surface area (Å²) in [5, 5.41) is 7.74. The molecule has 6 nitrogen and oxygen atoms in total. The van der Waals surface area contributed by atoms with Crippen LogP contribution < -0.4 is 15.8 Å². The molecule has 0 saturated heterocycles. The number of carbonyl (C=O) groups is 1. The third kappa shape index (κ3) is 3.71. The molecule has 1 amide bonds. The van der Waals surface area contributed by atoms with Gasteiger partial charge in [-0.25, -0.2) is 4.68 Å². The Bertz CT molecular complexity index is 665. The second-order valence-electron chi connectivity index (χ2n) is 5.78. The molecule has 0 radical (unpaired) electrons. The summed E-state index contributed by atoms with van der Waals surface area (Å²) in [6.07, 6.45) is 0. The maximum absolute atomic E-state index is 11.8. The largest absolute Gasteiger partial charge is 0.481 e. The molecule has 6 heteroatoms. The summed E-state index contributed by atoms with van der Waals surface area (Å²) in [6, 6.07) is 8.89. The predicted octanol–water partition coefficient (Wildman–Crippen LogP) is 1.87. The Hall–Kier alpha value is -2.34. The summed E-state index contributed by atoms with van der Waals surface area (Å²) in [4.78, 5) is 11.8. The Morgan fingerprint density at radius 2 is 2.00 bits per heavy atom. The van der Waals surface area contributed by atoms with Gasteiger partial charge in [0.05, 0.1) is 18.4 Å². The van der Waals surface area contributed by atoms with Gasteiger partial charge >= 0.3 is 0 Å². The number of benzene rings is 1. The third-order valence-electron chi connectivity index (χ3n) is 3.76.